The van der Waals surface area contributed by atoms with Gasteiger partial charge < -0.3 is 4.90 Å². The summed E-state index contributed by atoms with van der Waals surface area (Å²) in [5.41, 5.74) is 0. The number of hydrogen-bond donors (Lipinski definition) is 2. The van der Waals surface area contributed by atoms with Gasteiger partial charge >= 0.3 is 0 Å². The van der Waals surface area contributed by atoms with Crippen molar-refractivity contribution in [2.45, 2.75) is 19.4 Å². The number of likely N-dealkylation sites (tertiary alicyclic amines) is 1. The summed E-state index contributed by atoms with van der Waals surface area (Å²) < 4.78 is 25.5. The lowest BCUT2D eigenvalue weighted by atomic mass is 9.98. The third-order valence-corrected chi connectivity index (χ3v) is 3.78. The maximum atomic E-state index is 12.1. The molecule has 1 aromatic rings. The molecule has 1 unspecified atom stereocenters. The molecule has 1 atom stereocenters. The summed E-state index contributed by atoms with van der Waals surface area (Å²) in [7, 11) is -3.68. The first-order chi connectivity index (χ1) is 9.44. The minimum Gasteiger partial charge on any atom is -0.341 e. The van der Waals surface area contributed by atoms with Gasteiger partial charge in [-0.3, -0.25) is 4.79 Å². The van der Waals surface area contributed by atoms with Crippen molar-refractivity contribution in [1.29, 1.82) is 0 Å². The number of nitrogens with zero attached hydrogens (tertiary/aromatic N) is 4. The molecule has 0 spiro atoms. The van der Waals surface area contributed by atoms with Crippen LogP contribution in [-0.4, -0.2) is 53.9 Å². The number of aromatic nitrogens is 3. The third-order valence-electron chi connectivity index (χ3n) is 3.21. The monoisotopic (exact) mass is 302 g/mol. The average molecular weight is 302 g/mol. The van der Waals surface area contributed by atoms with Crippen molar-refractivity contribution in [2.75, 3.05) is 19.6 Å². The lowest BCUT2D eigenvalue weighted by Gasteiger charge is -2.32. The number of carbonyl (C=O) groups excluding carboxylic acids is 1. The van der Waals surface area contributed by atoms with E-state index in [1.54, 1.807) is 11.1 Å². The largest absolute Gasteiger partial charge is 0.341 e. The molecule has 3 N–H and O–H groups in total. The zero-order valence-electron chi connectivity index (χ0n) is 11.0. The van der Waals surface area contributed by atoms with Crippen LogP contribution in [-0.2, 0) is 21.5 Å². The van der Waals surface area contributed by atoms with E-state index in [2.05, 4.69) is 15.0 Å². The molecular weight excluding hydrogens is 284 g/mol. The van der Waals surface area contributed by atoms with E-state index >= 15 is 0 Å². The molecule has 0 saturated carbocycles. The molecule has 1 saturated heterocycles. The molecule has 2 rings (SSSR count). The maximum Gasteiger partial charge on any atom is 0.274 e. The molecule has 9 nitrogen and oxygen atoms in total. The first-order valence-electron chi connectivity index (χ1n) is 6.33. The normalized spacial score (nSPS) is 20.1. The molecule has 1 amide bonds. The van der Waals surface area contributed by atoms with Gasteiger partial charge in [0.05, 0.1) is 6.20 Å². The molecule has 112 valence electrons. The fourth-order valence-corrected chi connectivity index (χ4v) is 2.72. The van der Waals surface area contributed by atoms with E-state index in [1.807, 2.05) is 0 Å². The van der Waals surface area contributed by atoms with Crippen molar-refractivity contribution in [2.24, 2.45) is 11.1 Å². The number of nitrogens with two attached hydrogens (primary N) is 1. The van der Waals surface area contributed by atoms with Gasteiger partial charge in [-0.05, 0) is 18.8 Å². The first kappa shape index (κ1) is 14.9. The highest BCUT2D eigenvalue weighted by atomic mass is 32.2. The van der Waals surface area contributed by atoms with Crippen LogP contribution in [0.25, 0.3) is 0 Å². The number of hydrogen-bond acceptors (Lipinski definition) is 5. The Bertz CT molecular complexity index is 543. The summed E-state index contributed by atoms with van der Waals surface area (Å²) in [6.45, 7) is 1.61. The number of carbonyl (C=O) groups is 1. The zero-order valence-corrected chi connectivity index (χ0v) is 11.8. The van der Waals surface area contributed by atoms with Gasteiger partial charge in [0.25, 0.3) is 10.2 Å². The lowest BCUT2D eigenvalue weighted by molar-refractivity contribution is -0.133. The fraction of sp³-hybridized carbons (Fsp3) is 0.700. The van der Waals surface area contributed by atoms with Crippen LogP contribution >= 0.6 is 0 Å². The molecule has 2 heterocycles. The van der Waals surface area contributed by atoms with Gasteiger partial charge in [0.15, 0.2) is 0 Å². The van der Waals surface area contributed by atoms with Crippen molar-refractivity contribution < 1.29 is 13.2 Å². The predicted molar refractivity (Wildman–Crippen MR) is 70.4 cm³/mol. The van der Waals surface area contributed by atoms with Gasteiger partial charge in [-0.2, -0.15) is 8.42 Å². The summed E-state index contributed by atoms with van der Waals surface area (Å²) in [6.07, 6.45) is 4.86. The second-order valence-corrected chi connectivity index (χ2v) is 6.22. The number of nitrogens with one attached hydrogen (secondary N) is 1. The molecular formula is C10H18N6O3S. The van der Waals surface area contributed by atoms with Crippen molar-refractivity contribution in [1.82, 2.24) is 24.6 Å². The average Bonchev–Trinajstić information content (AvgIpc) is 2.89. The van der Waals surface area contributed by atoms with Crippen molar-refractivity contribution >= 4 is 16.1 Å². The van der Waals surface area contributed by atoms with Crippen LogP contribution in [0.3, 0.4) is 0 Å². The third kappa shape index (κ3) is 4.54. The number of amides is 1. The standard InChI is InChI=1S/C10H18N6O3S/c11-20(18,19)13-6-9-2-1-4-15(7-9)10(17)8-16-5-3-12-14-16/h3,5,9,13H,1-2,4,6-8H2,(H2,11,18,19). The van der Waals surface area contributed by atoms with Gasteiger partial charge in [0.1, 0.15) is 6.54 Å². The Labute approximate surface area is 117 Å². The first-order valence-corrected chi connectivity index (χ1v) is 7.88. The maximum absolute atomic E-state index is 12.1. The Morgan fingerprint density at radius 1 is 1.50 bits per heavy atom. The lowest BCUT2D eigenvalue weighted by Crippen LogP contribution is -2.45. The van der Waals surface area contributed by atoms with Crippen LogP contribution < -0.4 is 9.86 Å². The molecule has 0 aliphatic carbocycles. The van der Waals surface area contributed by atoms with E-state index in [1.165, 1.54) is 10.9 Å². The van der Waals surface area contributed by atoms with Crippen molar-refractivity contribution in [3.63, 3.8) is 0 Å². The summed E-state index contributed by atoms with van der Waals surface area (Å²) in [6, 6.07) is 0. The highest BCUT2D eigenvalue weighted by Gasteiger charge is 2.24. The second-order valence-electron chi connectivity index (χ2n) is 4.84. The van der Waals surface area contributed by atoms with E-state index in [-0.39, 0.29) is 24.9 Å². The highest BCUT2D eigenvalue weighted by molar-refractivity contribution is 7.87. The summed E-state index contributed by atoms with van der Waals surface area (Å²) in [5, 5.41) is 12.3. The quantitative estimate of drug-likeness (QED) is 0.671. The Balaban J connectivity index is 1.85. The Morgan fingerprint density at radius 2 is 2.30 bits per heavy atom. The van der Waals surface area contributed by atoms with E-state index in [9.17, 15) is 13.2 Å². The molecule has 0 aromatic carbocycles. The molecule has 20 heavy (non-hydrogen) atoms. The van der Waals surface area contributed by atoms with Gasteiger partial charge in [-0.25, -0.2) is 14.5 Å². The Hall–Kier alpha value is -1.52. The van der Waals surface area contributed by atoms with Crippen molar-refractivity contribution in [3.8, 4) is 0 Å². The van der Waals surface area contributed by atoms with Crippen LogP contribution in [0.15, 0.2) is 12.4 Å². The molecule has 1 aliphatic rings. The van der Waals surface area contributed by atoms with Gasteiger partial charge in [-0.1, -0.05) is 5.21 Å². The van der Waals surface area contributed by atoms with E-state index in [4.69, 9.17) is 5.14 Å². The smallest absolute Gasteiger partial charge is 0.274 e. The summed E-state index contributed by atoms with van der Waals surface area (Å²) in [5.74, 6) is 0.0394. The number of rotatable bonds is 5. The SMILES string of the molecule is NS(=O)(=O)NCC1CCCN(C(=O)Cn2ccnn2)C1. The second kappa shape index (κ2) is 6.29. The fourth-order valence-electron chi connectivity index (χ4n) is 2.25. The van der Waals surface area contributed by atoms with Crippen LogP contribution in [0, 0.1) is 5.92 Å². The minimum absolute atomic E-state index is 0.0456. The Morgan fingerprint density at radius 3 is 2.95 bits per heavy atom. The predicted octanol–water partition coefficient (Wildman–Crippen LogP) is -1.69. The van der Waals surface area contributed by atoms with Gasteiger partial charge in [-0.15, -0.1) is 5.10 Å². The highest BCUT2D eigenvalue weighted by Crippen LogP contribution is 2.16. The summed E-state index contributed by atoms with van der Waals surface area (Å²) >= 11 is 0. The molecule has 1 fully saturated rings. The summed E-state index contributed by atoms with van der Waals surface area (Å²) in [4.78, 5) is 13.8. The number of piperidine rings is 1. The molecule has 10 heteroatoms. The van der Waals surface area contributed by atoms with Crippen LogP contribution in [0.2, 0.25) is 0 Å². The van der Waals surface area contributed by atoms with Crippen LogP contribution in [0.5, 0.6) is 0 Å². The van der Waals surface area contributed by atoms with Gasteiger partial charge in [0, 0.05) is 25.8 Å². The van der Waals surface area contributed by atoms with E-state index < -0.39 is 10.2 Å². The van der Waals surface area contributed by atoms with Crippen LogP contribution in [0.1, 0.15) is 12.8 Å². The molecule has 0 radical (unpaired) electrons. The minimum atomic E-state index is -3.68. The van der Waals surface area contributed by atoms with Crippen molar-refractivity contribution in [3.05, 3.63) is 12.4 Å². The van der Waals surface area contributed by atoms with Crippen LogP contribution in [0.4, 0.5) is 0 Å². The Kier molecular flexibility index (Phi) is 4.68. The molecule has 0 bridgehead atoms. The van der Waals surface area contributed by atoms with E-state index in [0.717, 1.165) is 12.8 Å². The van der Waals surface area contributed by atoms with Gasteiger partial charge in [0.2, 0.25) is 5.91 Å². The molecule has 1 aliphatic heterocycles. The van der Waals surface area contributed by atoms with E-state index in [0.29, 0.717) is 13.1 Å². The molecule has 1 aromatic heterocycles. The zero-order chi connectivity index (χ0) is 14.6. The topological polar surface area (TPSA) is 123 Å².